The van der Waals surface area contributed by atoms with Crippen LogP contribution in [0.2, 0.25) is 0 Å². The number of aliphatic hydroxyl groups is 4. The van der Waals surface area contributed by atoms with Gasteiger partial charge < -0.3 is 20.4 Å². The molecule has 0 amide bonds. The average Bonchev–Trinajstić information content (AvgIpc) is 2.88. The second-order valence-electron chi connectivity index (χ2n) is 9.36. The monoisotopic (exact) mass is 336 g/mol. The number of aliphatic hydroxyl groups excluding tert-OH is 4. The van der Waals surface area contributed by atoms with Crippen molar-refractivity contribution in [3.05, 3.63) is 11.6 Å². The highest BCUT2D eigenvalue weighted by molar-refractivity contribution is 5.30. The van der Waals surface area contributed by atoms with Gasteiger partial charge in [-0.3, -0.25) is 0 Å². The van der Waals surface area contributed by atoms with Crippen LogP contribution in [0, 0.1) is 34.0 Å². The van der Waals surface area contributed by atoms with Crippen LogP contribution in [0.15, 0.2) is 11.6 Å². The summed E-state index contributed by atoms with van der Waals surface area (Å²) in [5.41, 5.74) is 0.536. The average molecular weight is 336 g/mol. The van der Waals surface area contributed by atoms with Gasteiger partial charge in [0, 0.05) is 10.8 Å². The molecule has 2 bridgehead atoms. The van der Waals surface area contributed by atoms with Crippen LogP contribution >= 0.6 is 0 Å². The molecule has 0 radical (unpaired) electrons. The van der Waals surface area contributed by atoms with Gasteiger partial charge in [-0.15, -0.1) is 0 Å². The first-order valence-corrected chi connectivity index (χ1v) is 9.68. The lowest BCUT2D eigenvalue weighted by atomic mass is 9.40. The maximum Gasteiger partial charge on any atom is 0.0644 e. The van der Waals surface area contributed by atoms with Crippen LogP contribution in [0.4, 0.5) is 0 Å². The van der Waals surface area contributed by atoms with Gasteiger partial charge in [0.15, 0.2) is 0 Å². The lowest BCUT2D eigenvalue weighted by Gasteiger charge is -2.65. The molecule has 3 fully saturated rings. The molecule has 4 nitrogen and oxygen atoms in total. The molecule has 4 aliphatic rings. The van der Waals surface area contributed by atoms with Crippen molar-refractivity contribution in [2.45, 2.75) is 58.0 Å². The van der Waals surface area contributed by atoms with E-state index >= 15 is 0 Å². The summed E-state index contributed by atoms with van der Waals surface area (Å²) in [6.07, 6.45) is 8.63. The quantitative estimate of drug-likeness (QED) is 0.593. The van der Waals surface area contributed by atoms with E-state index in [1.165, 1.54) is 0 Å². The maximum atomic E-state index is 11.2. The van der Waals surface area contributed by atoms with Gasteiger partial charge >= 0.3 is 0 Å². The molecule has 0 unspecified atom stereocenters. The van der Waals surface area contributed by atoms with E-state index < -0.39 is 11.5 Å². The van der Waals surface area contributed by atoms with Gasteiger partial charge in [0.2, 0.25) is 0 Å². The summed E-state index contributed by atoms with van der Waals surface area (Å²) in [4.78, 5) is 0. The molecule has 4 rings (SSSR count). The summed E-state index contributed by atoms with van der Waals surface area (Å²) in [5.74, 6) is 0.990. The normalized spacial score (nSPS) is 49.3. The molecule has 136 valence electrons. The molecule has 4 heteroatoms. The van der Waals surface area contributed by atoms with Crippen molar-refractivity contribution in [3.63, 3.8) is 0 Å². The molecule has 24 heavy (non-hydrogen) atoms. The van der Waals surface area contributed by atoms with Crippen molar-refractivity contribution in [2.75, 3.05) is 19.8 Å². The molecular weight excluding hydrogens is 304 g/mol. The first kappa shape index (κ1) is 17.0. The SMILES string of the molecule is C[C@@]12CCCC(CO)(CO)[C@H]1C[C@H](O)[C@]13C=C(CO)[C@H](CC[C@@H]21)C3. The maximum absolute atomic E-state index is 11.2. The van der Waals surface area contributed by atoms with E-state index in [4.69, 9.17) is 0 Å². The van der Waals surface area contributed by atoms with E-state index in [9.17, 15) is 20.4 Å². The minimum atomic E-state index is -0.450. The largest absolute Gasteiger partial charge is 0.396 e. The second kappa shape index (κ2) is 5.54. The molecule has 3 saturated carbocycles. The summed E-state index contributed by atoms with van der Waals surface area (Å²) in [6, 6.07) is 0. The van der Waals surface area contributed by atoms with Crippen LogP contribution in [-0.2, 0) is 0 Å². The van der Waals surface area contributed by atoms with Gasteiger partial charge in [0.05, 0.1) is 25.9 Å². The fraction of sp³-hybridized carbons (Fsp3) is 0.900. The van der Waals surface area contributed by atoms with Gasteiger partial charge in [-0.2, -0.15) is 0 Å². The van der Waals surface area contributed by atoms with Crippen LogP contribution in [0.3, 0.4) is 0 Å². The highest BCUT2D eigenvalue weighted by Crippen LogP contribution is 2.70. The third-order valence-corrected chi connectivity index (χ3v) is 8.64. The Labute approximate surface area is 144 Å². The Morgan fingerprint density at radius 1 is 1.08 bits per heavy atom. The molecule has 1 spiro atoms. The van der Waals surface area contributed by atoms with E-state index in [2.05, 4.69) is 13.0 Å². The first-order valence-electron chi connectivity index (χ1n) is 9.68. The lowest BCUT2D eigenvalue weighted by molar-refractivity contribution is -0.205. The predicted molar refractivity (Wildman–Crippen MR) is 91.1 cm³/mol. The van der Waals surface area contributed by atoms with Crippen molar-refractivity contribution in [1.29, 1.82) is 0 Å². The molecule has 0 aromatic heterocycles. The third kappa shape index (κ3) is 1.94. The highest BCUT2D eigenvalue weighted by Gasteiger charge is 2.66. The van der Waals surface area contributed by atoms with Crippen molar-refractivity contribution in [1.82, 2.24) is 0 Å². The Kier molecular flexibility index (Phi) is 3.93. The van der Waals surface area contributed by atoms with Gasteiger partial charge in [-0.25, -0.2) is 0 Å². The van der Waals surface area contributed by atoms with Gasteiger partial charge in [0.25, 0.3) is 0 Å². The van der Waals surface area contributed by atoms with E-state index in [-0.39, 0.29) is 36.6 Å². The Hall–Kier alpha value is -0.420. The number of hydrogen-bond acceptors (Lipinski definition) is 4. The van der Waals surface area contributed by atoms with E-state index in [1.807, 2.05) is 0 Å². The van der Waals surface area contributed by atoms with Gasteiger partial charge in [-0.05, 0) is 67.3 Å². The minimum Gasteiger partial charge on any atom is -0.396 e. The second-order valence-corrected chi connectivity index (χ2v) is 9.36. The number of fused-ring (bicyclic) bond motifs is 3. The van der Waals surface area contributed by atoms with Crippen LogP contribution in [0.25, 0.3) is 0 Å². The first-order chi connectivity index (χ1) is 11.5. The fourth-order valence-electron chi connectivity index (χ4n) is 7.51. The molecule has 0 aromatic carbocycles. The molecule has 4 N–H and O–H groups in total. The zero-order valence-electron chi connectivity index (χ0n) is 14.7. The molecule has 0 heterocycles. The molecule has 0 saturated heterocycles. The van der Waals surface area contributed by atoms with E-state index in [1.54, 1.807) is 0 Å². The molecular formula is C20H32O4. The van der Waals surface area contributed by atoms with Crippen molar-refractivity contribution < 1.29 is 20.4 Å². The van der Waals surface area contributed by atoms with Crippen LogP contribution in [0.5, 0.6) is 0 Å². The molecule has 6 atom stereocenters. The Balaban J connectivity index is 1.78. The van der Waals surface area contributed by atoms with Gasteiger partial charge in [-0.1, -0.05) is 19.4 Å². The van der Waals surface area contributed by atoms with E-state index in [0.29, 0.717) is 18.3 Å². The summed E-state index contributed by atoms with van der Waals surface area (Å²) < 4.78 is 0. The zero-order chi connectivity index (χ0) is 17.2. The summed E-state index contributed by atoms with van der Waals surface area (Å²) in [5, 5.41) is 41.1. The number of rotatable bonds is 3. The molecule has 0 aromatic rings. The minimum absolute atomic E-state index is 0.0105. The Morgan fingerprint density at radius 3 is 2.50 bits per heavy atom. The third-order valence-electron chi connectivity index (χ3n) is 8.64. The lowest BCUT2D eigenvalue weighted by Crippen LogP contribution is -2.63. The topological polar surface area (TPSA) is 80.9 Å². The zero-order valence-corrected chi connectivity index (χ0v) is 14.7. The van der Waals surface area contributed by atoms with Crippen molar-refractivity contribution in [2.24, 2.45) is 34.0 Å². The summed E-state index contributed by atoms with van der Waals surface area (Å²) >= 11 is 0. The standard InChI is InChI=1S/C20H32O4/c1-18-5-2-6-19(11-22,12-23)16(18)7-17(24)20-8-13(3-4-15(18)20)14(9-20)10-21/h9,13,15-17,21-24H,2-8,10-12H2,1H3/t13-,15+,16+,17+,18+,20-/m1/s1. The van der Waals surface area contributed by atoms with Gasteiger partial charge in [0.1, 0.15) is 0 Å². The van der Waals surface area contributed by atoms with Crippen LogP contribution < -0.4 is 0 Å². The molecule has 4 aliphatic carbocycles. The van der Waals surface area contributed by atoms with Crippen molar-refractivity contribution in [3.8, 4) is 0 Å². The van der Waals surface area contributed by atoms with Crippen LogP contribution in [-0.4, -0.2) is 46.4 Å². The fourth-order valence-corrected chi connectivity index (χ4v) is 7.51. The highest BCUT2D eigenvalue weighted by atomic mass is 16.3. The summed E-state index contributed by atoms with van der Waals surface area (Å²) in [6.45, 7) is 2.48. The summed E-state index contributed by atoms with van der Waals surface area (Å²) in [7, 11) is 0. The Morgan fingerprint density at radius 2 is 1.83 bits per heavy atom. The predicted octanol–water partition coefficient (Wildman–Crippen LogP) is 1.86. The Bertz CT molecular complexity index is 540. The van der Waals surface area contributed by atoms with E-state index in [0.717, 1.165) is 44.1 Å². The molecule has 0 aliphatic heterocycles. The smallest absolute Gasteiger partial charge is 0.0644 e. The number of hydrogen-bond donors (Lipinski definition) is 4. The van der Waals surface area contributed by atoms with Crippen molar-refractivity contribution >= 4 is 0 Å². The van der Waals surface area contributed by atoms with Crippen LogP contribution in [0.1, 0.15) is 51.9 Å².